The van der Waals surface area contributed by atoms with Crippen molar-refractivity contribution in [3.05, 3.63) is 179 Å². The third-order valence-corrected chi connectivity index (χ3v) is 22.0. The van der Waals surface area contributed by atoms with E-state index in [0.29, 0.717) is 22.2 Å². The van der Waals surface area contributed by atoms with Gasteiger partial charge in [-0.3, -0.25) is 0 Å². The van der Waals surface area contributed by atoms with Gasteiger partial charge in [-0.2, -0.15) is 0 Å². The van der Waals surface area contributed by atoms with Crippen LogP contribution in [0.5, 0.6) is 0 Å². The van der Waals surface area contributed by atoms with Gasteiger partial charge in [-0.15, -0.1) is 0 Å². The van der Waals surface area contributed by atoms with E-state index in [4.69, 9.17) is 0 Å². The molecule has 0 radical (unpaired) electrons. The molecule has 1 nitrogen and oxygen atoms in total. The van der Waals surface area contributed by atoms with E-state index >= 15 is 0 Å². The second-order valence-corrected chi connectivity index (χ2v) is 24.1. The van der Waals surface area contributed by atoms with Gasteiger partial charge >= 0.3 is 0 Å². The van der Waals surface area contributed by atoms with Gasteiger partial charge in [-0.1, -0.05) is 138 Å². The topological polar surface area (TPSA) is 12.0 Å². The van der Waals surface area contributed by atoms with Crippen LogP contribution in [-0.2, 0) is 17.3 Å². The first-order chi connectivity index (χ1) is 32.4. The highest BCUT2D eigenvalue weighted by atomic mass is 14.9. The normalized spacial score (nSPS) is 35.0. The van der Waals surface area contributed by atoms with E-state index in [9.17, 15) is 0 Å². The lowest BCUT2D eigenvalue weighted by molar-refractivity contribution is -0.252. The Labute approximate surface area is 390 Å². The van der Waals surface area contributed by atoms with Gasteiger partial charge in [0.1, 0.15) is 0 Å². The molecule has 1 aliphatic heterocycles. The number of fused-ring (bicyclic) bond motifs is 5. The number of anilines is 2. The average Bonchev–Trinajstić information content (AvgIpc) is 3.98. The summed E-state index contributed by atoms with van der Waals surface area (Å²) in [6, 6.07) is 56.8. The summed E-state index contributed by atoms with van der Waals surface area (Å²) >= 11 is 0. The Morgan fingerprint density at radius 3 is 2.05 bits per heavy atom. The minimum atomic E-state index is 0.366. The quantitative estimate of drug-likeness (QED) is 0.158. The van der Waals surface area contributed by atoms with Gasteiger partial charge in [-0.25, -0.2) is 0 Å². The van der Waals surface area contributed by atoms with Crippen molar-refractivity contribution < 1.29 is 0 Å². The van der Waals surface area contributed by atoms with Gasteiger partial charge in [0, 0.05) is 28.3 Å². The molecule has 11 aliphatic rings. The maximum Gasteiger partial charge on any atom is 0.193 e. The van der Waals surface area contributed by atoms with Crippen LogP contribution in [0.25, 0.3) is 44.5 Å². The largest absolute Gasteiger partial charge is 0.355 e. The molecule has 8 unspecified atom stereocenters. The van der Waals surface area contributed by atoms with Crippen molar-refractivity contribution in [1.82, 2.24) is 0 Å². The highest BCUT2D eigenvalue weighted by molar-refractivity contribution is 6.70. The molecule has 10 aliphatic carbocycles. The van der Waals surface area contributed by atoms with Gasteiger partial charge in [0.2, 0.25) is 0 Å². The molecule has 0 saturated heterocycles. The summed E-state index contributed by atoms with van der Waals surface area (Å²) in [4.78, 5) is 0. The molecular weight excluding hydrogens is 794 g/mol. The Hall–Kier alpha value is -5.60. The molecule has 320 valence electrons. The minimum Gasteiger partial charge on any atom is -0.355 e. The van der Waals surface area contributed by atoms with Gasteiger partial charge in [0.05, 0.1) is 0 Å². The number of nitrogens with one attached hydrogen (secondary N) is 1. The fourth-order valence-corrected chi connectivity index (χ4v) is 19.4. The Morgan fingerprint density at radius 1 is 0.561 bits per heavy atom. The Balaban J connectivity index is 0.823. The summed E-state index contributed by atoms with van der Waals surface area (Å²) in [5.74, 6) is 6.49. The van der Waals surface area contributed by atoms with E-state index in [1.165, 1.54) is 102 Å². The van der Waals surface area contributed by atoms with E-state index in [1.807, 2.05) is 0 Å². The van der Waals surface area contributed by atoms with Crippen molar-refractivity contribution in [2.45, 2.75) is 87.9 Å². The molecule has 7 aromatic carbocycles. The molecule has 2 heteroatoms. The van der Waals surface area contributed by atoms with E-state index in [2.05, 4.69) is 158 Å². The minimum absolute atomic E-state index is 0.366. The Bertz CT molecular complexity index is 3260. The number of rotatable bonds is 7. The van der Waals surface area contributed by atoms with Gasteiger partial charge < -0.3 is 5.32 Å². The zero-order valence-electron chi connectivity index (χ0n) is 38.2. The molecule has 1 heterocycles. The second kappa shape index (κ2) is 12.1. The third-order valence-electron chi connectivity index (χ3n) is 22.0. The van der Waals surface area contributed by atoms with Crippen LogP contribution < -0.4 is 16.2 Å². The molecule has 9 fully saturated rings. The van der Waals surface area contributed by atoms with Crippen molar-refractivity contribution in [3.63, 3.8) is 0 Å². The van der Waals surface area contributed by atoms with E-state index in [0.717, 1.165) is 60.3 Å². The summed E-state index contributed by atoms with van der Waals surface area (Å²) in [5, 5.41) is 3.97. The molecule has 18 rings (SSSR count). The fraction of sp³-hybridized carbons (Fsp3) is 0.344. The van der Waals surface area contributed by atoms with Crippen molar-refractivity contribution in [1.29, 1.82) is 0 Å². The van der Waals surface area contributed by atoms with Crippen molar-refractivity contribution in [2.75, 3.05) is 5.32 Å². The zero-order valence-corrected chi connectivity index (χ0v) is 38.2. The Kier molecular flexibility index (Phi) is 6.70. The van der Waals surface area contributed by atoms with Crippen molar-refractivity contribution in [2.24, 2.45) is 46.3 Å². The lowest BCUT2D eigenvalue weighted by Gasteiger charge is -2.79. The SMILES string of the molecule is Cc1cc(-c2cc(-c3ccccc3)ccc2Nc2ccc(-c3ccccc3)cc2)c2c(c1)C1Cc3ccc(C45CC6CC7CC(C4)C76C5)cc3-c3cc(C45CC6CC7CC64C7C5)cc(c31)B2. The number of aryl methyl sites for hydroxylation is 1. The smallest absolute Gasteiger partial charge is 0.193 e. The van der Waals surface area contributed by atoms with Crippen LogP contribution in [0.1, 0.15) is 97.1 Å². The molecule has 2 spiro atoms. The number of benzene rings is 7. The van der Waals surface area contributed by atoms with E-state index in [1.54, 1.807) is 49.9 Å². The van der Waals surface area contributed by atoms with E-state index < -0.39 is 0 Å². The van der Waals surface area contributed by atoms with Gasteiger partial charge in [0.25, 0.3) is 0 Å². The summed E-state index contributed by atoms with van der Waals surface area (Å²) in [6.45, 7) is 2.35. The summed E-state index contributed by atoms with van der Waals surface area (Å²) in [5.41, 5.74) is 28.3. The lowest BCUT2D eigenvalue weighted by atomic mass is 9.25. The lowest BCUT2D eigenvalue weighted by Crippen LogP contribution is -2.75. The molecule has 9 saturated carbocycles. The van der Waals surface area contributed by atoms with Crippen LogP contribution >= 0.6 is 0 Å². The van der Waals surface area contributed by atoms with Crippen LogP contribution in [0.2, 0.25) is 0 Å². The van der Waals surface area contributed by atoms with E-state index in [-0.39, 0.29) is 0 Å². The predicted octanol–water partition coefficient (Wildman–Crippen LogP) is 13.6. The maximum atomic E-state index is 3.97. The van der Waals surface area contributed by atoms with Crippen LogP contribution in [0.15, 0.2) is 146 Å². The van der Waals surface area contributed by atoms with Gasteiger partial charge in [0.15, 0.2) is 7.28 Å². The Morgan fingerprint density at radius 2 is 1.30 bits per heavy atom. The molecule has 0 aromatic heterocycles. The summed E-state index contributed by atoms with van der Waals surface area (Å²) in [7, 11) is 1.00. The molecule has 4 bridgehead atoms. The van der Waals surface area contributed by atoms with Crippen LogP contribution in [0.4, 0.5) is 11.4 Å². The second-order valence-electron chi connectivity index (χ2n) is 24.1. The summed E-state index contributed by atoms with van der Waals surface area (Å²) < 4.78 is 0. The molecule has 8 atom stereocenters. The maximum absolute atomic E-state index is 3.97. The number of hydrogen-bond acceptors (Lipinski definition) is 1. The molecule has 66 heavy (non-hydrogen) atoms. The molecule has 7 aromatic rings. The molecular formula is C64H56BN. The first kappa shape index (κ1) is 36.5. The van der Waals surface area contributed by atoms with Crippen LogP contribution in [-0.4, -0.2) is 7.28 Å². The zero-order chi connectivity index (χ0) is 42.9. The van der Waals surface area contributed by atoms with Crippen molar-refractivity contribution in [3.8, 4) is 44.5 Å². The standard InChI is InChI=1S/C64H56BN/c1-36-20-54(51-23-40(38-10-6-3-7-11-38)15-19-58(51)66-49-17-13-39(14-18-49)37-8-4-2-5-9-37)60-55(21-36)52-24-41-12-16-43(61-31-46-25-45-26-47(32-61)63(45,46)35-61)27-50(41)53-28-44(29-57(65-60)59(52)53)62-33-48-22-42-30-64(48,62)56(42)34-62/h2-21,23,27-29,42,45-48,52,56,65-66H,22,24-26,30-35H2,1H3. The highest BCUT2D eigenvalue weighted by Gasteiger charge is 2.86. The number of hydrogen-bond donors (Lipinski definition) is 1. The highest BCUT2D eigenvalue weighted by Crippen LogP contribution is 2.91. The predicted molar refractivity (Wildman–Crippen MR) is 272 cm³/mol. The third kappa shape index (κ3) is 4.27. The average molecular weight is 850 g/mol. The van der Waals surface area contributed by atoms with Gasteiger partial charge in [-0.05, 0) is 214 Å². The first-order valence-electron chi connectivity index (χ1n) is 26.0. The molecule has 0 amide bonds. The van der Waals surface area contributed by atoms with Crippen LogP contribution in [0, 0.1) is 53.3 Å². The van der Waals surface area contributed by atoms with Crippen molar-refractivity contribution >= 4 is 29.6 Å². The molecule has 1 N–H and O–H groups in total. The summed E-state index contributed by atoms with van der Waals surface area (Å²) in [6.07, 6.45) is 14.5. The fourth-order valence-electron chi connectivity index (χ4n) is 19.4. The van der Waals surface area contributed by atoms with Crippen LogP contribution in [0.3, 0.4) is 0 Å². The first-order valence-corrected chi connectivity index (χ1v) is 26.0. The monoisotopic (exact) mass is 849 g/mol.